The first-order chi connectivity index (χ1) is 11.3. The van der Waals surface area contributed by atoms with Crippen molar-refractivity contribution in [2.45, 2.75) is 44.4 Å². The highest BCUT2D eigenvalue weighted by Crippen LogP contribution is 2.14. The normalized spacial score (nSPS) is 25.2. The van der Waals surface area contributed by atoms with E-state index in [1.54, 1.807) is 0 Å². The smallest absolute Gasteiger partial charge is 0.222 e. The maximum Gasteiger partial charge on any atom is 0.222 e. The van der Waals surface area contributed by atoms with Crippen molar-refractivity contribution in [3.63, 3.8) is 0 Å². The molecule has 1 N–H and O–H groups in total. The zero-order chi connectivity index (χ0) is 15.9. The number of benzene rings is 1. The molecule has 2 atom stereocenters. The standard InChI is InChI=1S/C19H26N2O2/c22-19(20-17-9-5-2-6-10-17)13-18-15-21(11-12-23-18)14-16-7-3-1-4-8-16/h1-5,7-8,17-18H,6,9-15H2,(H,20,22)/t17-,18-/m1/s1. The minimum atomic E-state index is 0.00611. The maximum absolute atomic E-state index is 12.2. The van der Waals surface area contributed by atoms with Gasteiger partial charge >= 0.3 is 0 Å². The Labute approximate surface area is 138 Å². The van der Waals surface area contributed by atoms with Gasteiger partial charge in [-0.1, -0.05) is 42.5 Å². The monoisotopic (exact) mass is 314 g/mol. The molecule has 0 bridgehead atoms. The van der Waals surface area contributed by atoms with E-state index in [0.29, 0.717) is 19.1 Å². The van der Waals surface area contributed by atoms with E-state index in [0.717, 1.165) is 38.9 Å². The highest BCUT2D eigenvalue weighted by Gasteiger charge is 2.24. The Balaban J connectivity index is 1.44. The molecule has 0 spiro atoms. The first kappa shape index (κ1) is 16.2. The van der Waals surface area contributed by atoms with Crippen LogP contribution in [0.25, 0.3) is 0 Å². The van der Waals surface area contributed by atoms with Crippen LogP contribution < -0.4 is 5.32 Å². The molecular weight excluding hydrogens is 288 g/mol. The minimum absolute atomic E-state index is 0.00611. The van der Waals surface area contributed by atoms with Gasteiger partial charge in [-0.05, 0) is 24.8 Å². The molecule has 1 fully saturated rings. The van der Waals surface area contributed by atoms with Gasteiger partial charge in [-0.25, -0.2) is 0 Å². The van der Waals surface area contributed by atoms with Crippen LogP contribution in [0.4, 0.5) is 0 Å². The highest BCUT2D eigenvalue weighted by atomic mass is 16.5. The molecule has 1 aromatic carbocycles. The predicted octanol–water partition coefficient (Wildman–Crippen LogP) is 2.50. The number of morpholine rings is 1. The first-order valence-electron chi connectivity index (χ1n) is 8.62. The van der Waals surface area contributed by atoms with Gasteiger partial charge in [0.1, 0.15) is 0 Å². The largest absolute Gasteiger partial charge is 0.375 e. The van der Waals surface area contributed by atoms with E-state index in [4.69, 9.17) is 4.74 Å². The summed E-state index contributed by atoms with van der Waals surface area (Å²) in [5.74, 6) is 0.122. The lowest BCUT2D eigenvalue weighted by atomic mass is 10.0. The van der Waals surface area contributed by atoms with Crippen LogP contribution in [0.2, 0.25) is 0 Å². The third-order valence-electron chi connectivity index (χ3n) is 4.52. The topological polar surface area (TPSA) is 41.6 Å². The Kier molecular flexibility index (Phi) is 5.83. The van der Waals surface area contributed by atoms with Gasteiger partial charge < -0.3 is 10.1 Å². The zero-order valence-corrected chi connectivity index (χ0v) is 13.6. The molecule has 1 saturated heterocycles. The van der Waals surface area contributed by atoms with Gasteiger partial charge in [-0.15, -0.1) is 0 Å². The molecule has 4 heteroatoms. The third kappa shape index (κ3) is 5.19. The molecule has 4 nitrogen and oxygen atoms in total. The van der Waals surface area contributed by atoms with Crippen molar-refractivity contribution in [2.24, 2.45) is 0 Å². The van der Waals surface area contributed by atoms with E-state index in [-0.39, 0.29) is 12.0 Å². The summed E-state index contributed by atoms with van der Waals surface area (Å²) in [5, 5.41) is 3.14. The summed E-state index contributed by atoms with van der Waals surface area (Å²) in [6, 6.07) is 10.8. The van der Waals surface area contributed by atoms with Gasteiger partial charge in [0.05, 0.1) is 19.1 Å². The van der Waals surface area contributed by atoms with Crippen molar-refractivity contribution < 1.29 is 9.53 Å². The van der Waals surface area contributed by atoms with E-state index in [2.05, 4.69) is 46.6 Å². The predicted molar refractivity (Wildman–Crippen MR) is 91.0 cm³/mol. The number of nitrogens with one attached hydrogen (secondary N) is 1. The molecule has 1 aromatic rings. The van der Waals surface area contributed by atoms with Crippen LogP contribution in [0, 0.1) is 0 Å². The van der Waals surface area contributed by atoms with Crippen molar-refractivity contribution in [1.29, 1.82) is 0 Å². The summed E-state index contributed by atoms with van der Waals surface area (Å²) < 4.78 is 5.79. The lowest BCUT2D eigenvalue weighted by Gasteiger charge is -2.33. The quantitative estimate of drug-likeness (QED) is 0.849. The average Bonchev–Trinajstić information content (AvgIpc) is 2.57. The molecule has 124 valence electrons. The second kappa shape index (κ2) is 8.27. The average molecular weight is 314 g/mol. The van der Waals surface area contributed by atoms with Crippen LogP contribution in [0.5, 0.6) is 0 Å². The van der Waals surface area contributed by atoms with E-state index < -0.39 is 0 Å². The molecule has 0 radical (unpaired) electrons. The highest BCUT2D eigenvalue weighted by molar-refractivity contribution is 5.76. The van der Waals surface area contributed by atoms with Crippen LogP contribution >= 0.6 is 0 Å². The van der Waals surface area contributed by atoms with E-state index >= 15 is 0 Å². The summed E-state index contributed by atoms with van der Waals surface area (Å²) in [7, 11) is 0. The summed E-state index contributed by atoms with van der Waals surface area (Å²) in [5.41, 5.74) is 1.31. The fourth-order valence-electron chi connectivity index (χ4n) is 3.31. The number of carbonyl (C=O) groups excluding carboxylic acids is 1. The Bertz CT molecular complexity index is 529. The lowest BCUT2D eigenvalue weighted by Crippen LogP contribution is -2.45. The van der Waals surface area contributed by atoms with Crippen LogP contribution in [0.15, 0.2) is 42.5 Å². The second-order valence-electron chi connectivity index (χ2n) is 6.47. The van der Waals surface area contributed by atoms with Crippen LogP contribution in [-0.4, -0.2) is 42.6 Å². The van der Waals surface area contributed by atoms with Crippen LogP contribution in [0.3, 0.4) is 0 Å². The van der Waals surface area contributed by atoms with Crippen molar-refractivity contribution in [3.05, 3.63) is 48.0 Å². The molecule has 23 heavy (non-hydrogen) atoms. The molecule has 2 aliphatic rings. The second-order valence-corrected chi connectivity index (χ2v) is 6.47. The Hall–Kier alpha value is -1.65. The Morgan fingerprint density at radius 2 is 2.13 bits per heavy atom. The molecule has 1 amide bonds. The molecule has 1 aliphatic carbocycles. The van der Waals surface area contributed by atoms with E-state index in [1.807, 2.05) is 6.07 Å². The molecule has 1 heterocycles. The maximum atomic E-state index is 12.2. The number of hydrogen-bond donors (Lipinski definition) is 1. The van der Waals surface area contributed by atoms with Crippen molar-refractivity contribution >= 4 is 5.91 Å². The molecular formula is C19H26N2O2. The number of allylic oxidation sites excluding steroid dienone is 1. The van der Waals surface area contributed by atoms with Gasteiger partial charge in [0, 0.05) is 25.7 Å². The SMILES string of the molecule is O=C(C[C@@H]1CN(Cc2ccccc2)CCO1)N[C@@H]1CC=CCC1. The fourth-order valence-corrected chi connectivity index (χ4v) is 3.31. The number of ether oxygens (including phenoxy) is 1. The van der Waals surface area contributed by atoms with Gasteiger partial charge in [-0.2, -0.15) is 0 Å². The molecule has 3 rings (SSSR count). The van der Waals surface area contributed by atoms with E-state index in [9.17, 15) is 4.79 Å². The lowest BCUT2D eigenvalue weighted by molar-refractivity contribution is -0.126. The van der Waals surface area contributed by atoms with Crippen LogP contribution in [-0.2, 0) is 16.1 Å². The molecule has 1 aliphatic heterocycles. The summed E-state index contributed by atoms with van der Waals surface area (Å²) in [4.78, 5) is 14.6. The number of amides is 1. The summed E-state index contributed by atoms with van der Waals surface area (Å²) in [6.45, 7) is 3.39. The molecule has 0 unspecified atom stereocenters. The third-order valence-corrected chi connectivity index (χ3v) is 4.52. The summed E-state index contributed by atoms with van der Waals surface area (Å²) >= 11 is 0. The van der Waals surface area contributed by atoms with Gasteiger partial charge in [0.25, 0.3) is 0 Å². The Morgan fingerprint density at radius 1 is 1.26 bits per heavy atom. The van der Waals surface area contributed by atoms with Gasteiger partial charge in [0.15, 0.2) is 0 Å². The van der Waals surface area contributed by atoms with Crippen LogP contribution in [0.1, 0.15) is 31.2 Å². The molecule has 0 saturated carbocycles. The molecule has 0 aromatic heterocycles. The fraction of sp³-hybridized carbons (Fsp3) is 0.526. The zero-order valence-electron chi connectivity index (χ0n) is 13.6. The van der Waals surface area contributed by atoms with Crippen molar-refractivity contribution in [1.82, 2.24) is 10.2 Å². The van der Waals surface area contributed by atoms with Gasteiger partial charge in [-0.3, -0.25) is 9.69 Å². The van der Waals surface area contributed by atoms with Gasteiger partial charge in [0.2, 0.25) is 5.91 Å². The minimum Gasteiger partial charge on any atom is -0.375 e. The Morgan fingerprint density at radius 3 is 2.91 bits per heavy atom. The van der Waals surface area contributed by atoms with E-state index in [1.165, 1.54) is 5.56 Å². The first-order valence-corrected chi connectivity index (χ1v) is 8.62. The number of hydrogen-bond acceptors (Lipinski definition) is 3. The number of nitrogens with zero attached hydrogens (tertiary/aromatic N) is 1. The number of rotatable bonds is 5. The summed E-state index contributed by atoms with van der Waals surface area (Å²) in [6.07, 6.45) is 7.89. The number of carbonyl (C=O) groups is 1. The van der Waals surface area contributed by atoms with Crippen molar-refractivity contribution in [2.75, 3.05) is 19.7 Å². The van der Waals surface area contributed by atoms with Crippen molar-refractivity contribution in [3.8, 4) is 0 Å².